The highest BCUT2D eigenvalue weighted by Crippen LogP contribution is 2.09. The van der Waals surface area contributed by atoms with Gasteiger partial charge in [-0.25, -0.2) is 0 Å². The Morgan fingerprint density at radius 3 is 2.64 bits per heavy atom. The van der Waals surface area contributed by atoms with Crippen molar-refractivity contribution < 1.29 is 24.5 Å². The molecule has 82 valence electrons. The van der Waals surface area contributed by atoms with E-state index >= 15 is 0 Å². The monoisotopic (exact) mass is 224 g/mol. The van der Waals surface area contributed by atoms with Crippen LogP contribution in [-0.4, -0.2) is 47.2 Å². The minimum atomic E-state index is -0.970. The lowest BCUT2D eigenvalue weighted by Crippen LogP contribution is -2.25. The van der Waals surface area contributed by atoms with Gasteiger partial charge in [0.15, 0.2) is 0 Å². The van der Waals surface area contributed by atoms with Crippen LogP contribution in [0.5, 0.6) is 0 Å². The fourth-order valence-electron chi connectivity index (χ4n) is 0.943. The van der Waals surface area contributed by atoms with E-state index in [0.717, 1.165) is 0 Å². The fraction of sp³-hybridized carbons (Fsp3) is 0.750. The van der Waals surface area contributed by atoms with Crippen LogP contribution in [0.4, 0.5) is 0 Å². The van der Waals surface area contributed by atoms with Crippen molar-refractivity contribution in [1.29, 1.82) is 0 Å². The SMILES string of the molecule is O=CCO[C@H](CC(=O)Cl)C[C@H](O)CO. The summed E-state index contributed by atoms with van der Waals surface area (Å²) >= 11 is 5.13. The minimum Gasteiger partial charge on any atom is -0.394 e. The van der Waals surface area contributed by atoms with Crippen LogP contribution in [0, 0.1) is 0 Å². The summed E-state index contributed by atoms with van der Waals surface area (Å²) in [6.45, 7) is -0.579. The molecule has 0 aromatic carbocycles. The number of rotatable bonds is 8. The third-order valence-electron chi connectivity index (χ3n) is 1.53. The molecule has 0 unspecified atom stereocenters. The molecule has 0 rings (SSSR count). The maximum absolute atomic E-state index is 10.5. The second-order valence-corrected chi connectivity index (χ2v) is 3.17. The zero-order valence-electron chi connectivity index (χ0n) is 7.56. The third kappa shape index (κ3) is 6.97. The van der Waals surface area contributed by atoms with Gasteiger partial charge in [0, 0.05) is 12.8 Å². The van der Waals surface area contributed by atoms with Crippen LogP contribution >= 0.6 is 11.6 Å². The van der Waals surface area contributed by atoms with E-state index in [1.165, 1.54) is 0 Å². The van der Waals surface area contributed by atoms with Gasteiger partial charge >= 0.3 is 0 Å². The number of ether oxygens (including phenoxy) is 1. The molecule has 0 aromatic rings. The minimum absolute atomic E-state index is 0.0722. The van der Waals surface area contributed by atoms with Crippen LogP contribution < -0.4 is 0 Å². The van der Waals surface area contributed by atoms with Crippen molar-refractivity contribution in [2.24, 2.45) is 0 Å². The average Bonchev–Trinajstić information content (AvgIpc) is 2.13. The van der Waals surface area contributed by atoms with E-state index in [0.29, 0.717) is 6.29 Å². The Balaban J connectivity index is 3.95. The van der Waals surface area contributed by atoms with Gasteiger partial charge in [0.1, 0.15) is 12.9 Å². The highest BCUT2D eigenvalue weighted by atomic mass is 35.5. The number of aliphatic hydroxyl groups is 2. The summed E-state index contributed by atoms with van der Waals surface area (Å²) in [5.41, 5.74) is 0. The Labute approximate surface area is 86.6 Å². The van der Waals surface area contributed by atoms with E-state index in [1.54, 1.807) is 0 Å². The van der Waals surface area contributed by atoms with Crippen molar-refractivity contribution in [2.75, 3.05) is 13.2 Å². The van der Waals surface area contributed by atoms with Crippen LogP contribution in [0.1, 0.15) is 12.8 Å². The van der Waals surface area contributed by atoms with E-state index in [4.69, 9.17) is 26.6 Å². The van der Waals surface area contributed by atoms with E-state index in [1.807, 2.05) is 0 Å². The summed E-state index contributed by atoms with van der Waals surface area (Å²) in [4.78, 5) is 20.5. The summed E-state index contributed by atoms with van der Waals surface area (Å²) in [6, 6.07) is 0. The Morgan fingerprint density at radius 1 is 1.57 bits per heavy atom. The quantitative estimate of drug-likeness (QED) is 0.428. The average molecular weight is 225 g/mol. The number of halogens is 1. The highest BCUT2D eigenvalue weighted by molar-refractivity contribution is 6.63. The van der Waals surface area contributed by atoms with E-state index in [-0.39, 0.29) is 19.4 Å². The second kappa shape index (κ2) is 7.87. The van der Waals surface area contributed by atoms with Gasteiger partial charge in [-0.1, -0.05) is 0 Å². The van der Waals surface area contributed by atoms with E-state index in [9.17, 15) is 9.59 Å². The number of aldehydes is 1. The molecule has 0 fully saturated rings. The first-order valence-electron chi connectivity index (χ1n) is 4.12. The predicted molar refractivity (Wildman–Crippen MR) is 49.0 cm³/mol. The van der Waals surface area contributed by atoms with Crippen LogP contribution in [0.3, 0.4) is 0 Å². The first kappa shape index (κ1) is 13.5. The molecule has 0 aliphatic rings. The van der Waals surface area contributed by atoms with Gasteiger partial charge in [0.2, 0.25) is 5.24 Å². The number of hydrogen-bond acceptors (Lipinski definition) is 5. The van der Waals surface area contributed by atoms with Gasteiger partial charge in [0.05, 0.1) is 18.8 Å². The molecule has 0 aliphatic carbocycles. The van der Waals surface area contributed by atoms with Crippen LogP contribution in [0.2, 0.25) is 0 Å². The van der Waals surface area contributed by atoms with Crippen LogP contribution in [-0.2, 0) is 14.3 Å². The molecule has 2 N–H and O–H groups in total. The molecule has 14 heavy (non-hydrogen) atoms. The van der Waals surface area contributed by atoms with Crippen molar-refractivity contribution in [1.82, 2.24) is 0 Å². The van der Waals surface area contributed by atoms with Crippen molar-refractivity contribution in [3.05, 3.63) is 0 Å². The van der Waals surface area contributed by atoms with Crippen molar-refractivity contribution in [3.63, 3.8) is 0 Å². The number of hydrogen-bond donors (Lipinski definition) is 2. The molecule has 0 bridgehead atoms. The van der Waals surface area contributed by atoms with Crippen molar-refractivity contribution in [3.8, 4) is 0 Å². The third-order valence-corrected chi connectivity index (χ3v) is 1.69. The van der Waals surface area contributed by atoms with Crippen LogP contribution in [0.25, 0.3) is 0 Å². The molecule has 0 saturated heterocycles. The summed E-state index contributed by atoms with van der Waals surface area (Å²) < 4.78 is 4.93. The zero-order chi connectivity index (χ0) is 11.0. The topological polar surface area (TPSA) is 83.8 Å². The molecule has 5 nitrogen and oxygen atoms in total. The molecule has 0 radical (unpaired) electrons. The molecule has 0 saturated carbocycles. The fourth-order valence-corrected chi connectivity index (χ4v) is 1.11. The Morgan fingerprint density at radius 2 is 2.21 bits per heavy atom. The molecule has 6 heteroatoms. The Kier molecular flexibility index (Phi) is 7.60. The zero-order valence-corrected chi connectivity index (χ0v) is 8.31. The molecular formula is C8H13ClO5. The van der Waals surface area contributed by atoms with Gasteiger partial charge in [0.25, 0.3) is 0 Å². The van der Waals surface area contributed by atoms with Gasteiger partial charge in [-0.2, -0.15) is 0 Å². The molecule has 0 amide bonds. The van der Waals surface area contributed by atoms with E-state index < -0.39 is 24.1 Å². The molecule has 0 heterocycles. The Hall–Kier alpha value is -0.490. The first-order chi connectivity index (χ1) is 6.60. The number of carbonyl (C=O) groups is 2. The van der Waals surface area contributed by atoms with Gasteiger partial charge in [-0.15, -0.1) is 0 Å². The summed E-state index contributed by atoms with van der Waals surface area (Å²) in [5, 5.41) is 17.0. The second-order valence-electron chi connectivity index (χ2n) is 2.75. The van der Waals surface area contributed by atoms with Gasteiger partial charge in [-0.3, -0.25) is 4.79 Å². The standard InChI is InChI=1S/C8H13ClO5/c9-8(13)4-7(14-2-1-10)3-6(12)5-11/h1,6-7,11-12H,2-5H2/t6-,7-/m0/s1. The van der Waals surface area contributed by atoms with Crippen molar-refractivity contribution >= 4 is 23.1 Å². The smallest absolute Gasteiger partial charge is 0.224 e. The normalized spacial score (nSPS) is 14.8. The lowest BCUT2D eigenvalue weighted by molar-refractivity contribution is -0.120. The molecular weight excluding hydrogens is 212 g/mol. The lowest BCUT2D eigenvalue weighted by atomic mass is 10.1. The van der Waals surface area contributed by atoms with Crippen molar-refractivity contribution in [2.45, 2.75) is 25.0 Å². The molecule has 0 aliphatic heterocycles. The number of carbonyl (C=O) groups excluding carboxylic acids is 2. The Bertz CT molecular complexity index is 185. The lowest BCUT2D eigenvalue weighted by Gasteiger charge is -2.16. The highest BCUT2D eigenvalue weighted by Gasteiger charge is 2.17. The summed E-state index contributed by atoms with van der Waals surface area (Å²) in [5.74, 6) is 0. The van der Waals surface area contributed by atoms with Crippen LogP contribution in [0.15, 0.2) is 0 Å². The van der Waals surface area contributed by atoms with E-state index in [2.05, 4.69) is 0 Å². The molecule has 2 atom stereocenters. The molecule has 0 spiro atoms. The molecule has 0 aromatic heterocycles. The summed E-state index contributed by atoms with van der Waals surface area (Å²) in [6.07, 6.45) is -1.08. The van der Waals surface area contributed by atoms with Gasteiger partial charge in [-0.05, 0) is 11.6 Å². The largest absolute Gasteiger partial charge is 0.394 e. The number of aliphatic hydroxyl groups excluding tert-OH is 2. The van der Waals surface area contributed by atoms with Gasteiger partial charge < -0.3 is 19.7 Å². The summed E-state index contributed by atoms with van der Waals surface area (Å²) in [7, 11) is 0. The maximum Gasteiger partial charge on any atom is 0.224 e. The predicted octanol–water partition coefficient (Wildman–Crippen LogP) is -0.531. The first-order valence-corrected chi connectivity index (χ1v) is 4.50. The maximum atomic E-state index is 10.5.